The molecule has 1 atom stereocenters. The van der Waals surface area contributed by atoms with Gasteiger partial charge in [-0.3, -0.25) is 14.3 Å². The Labute approximate surface area is 141 Å². The van der Waals surface area contributed by atoms with E-state index in [2.05, 4.69) is 10.4 Å². The van der Waals surface area contributed by atoms with E-state index in [1.807, 2.05) is 44.2 Å². The van der Waals surface area contributed by atoms with E-state index in [4.69, 9.17) is 5.11 Å². The van der Waals surface area contributed by atoms with Gasteiger partial charge in [0.2, 0.25) is 0 Å². The van der Waals surface area contributed by atoms with Gasteiger partial charge < -0.3 is 10.4 Å². The number of carboxylic acids is 1. The van der Waals surface area contributed by atoms with Crippen LogP contribution in [0.3, 0.4) is 0 Å². The van der Waals surface area contributed by atoms with Crippen LogP contribution in [0.5, 0.6) is 0 Å². The van der Waals surface area contributed by atoms with Crippen molar-refractivity contribution in [3.8, 4) is 0 Å². The summed E-state index contributed by atoms with van der Waals surface area (Å²) in [4.78, 5) is 23.5. The molecule has 0 radical (unpaired) electrons. The summed E-state index contributed by atoms with van der Waals surface area (Å²) in [5, 5.41) is 16.1. The van der Waals surface area contributed by atoms with Gasteiger partial charge in [-0.05, 0) is 18.9 Å². The number of carbonyl (C=O) groups is 2. The lowest BCUT2D eigenvalue weighted by Gasteiger charge is -2.12. The first-order valence-electron chi connectivity index (χ1n) is 8.10. The largest absolute Gasteiger partial charge is 0.481 e. The van der Waals surface area contributed by atoms with Crippen LogP contribution in [0.15, 0.2) is 36.5 Å². The van der Waals surface area contributed by atoms with E-state index in [0.717, 1.165) is 17.7 Å². The Morgan fingerprint density at radius 3 is 2.62 bits per heavy atom. The highest BCUT2D eigenvalue weighted by Gasteiger charge is 2.19. The zero-order valence-corrected chi connectivity index (χ0v) is 14.0. The van der Waals surface area contributed by atoms with Crippen molar-refractivity contribution in [3.05, 3.63) is 53.3 Å². The van der Waals surface area contributed by atoms with E-state index < -0.39 is 11.9 Å². The first-order chi connectivity index (χ1) is 11.5. The Kier molecular flexibility index (Phi) is 6.12. The fourth-order valence-electron chi connectivity index (χ4n) is 2.56. The number of carbonyl (C=O) groups excluding carboxylic acids is 1. The molecule has 2 N–H and O–H groups in total. The molecule has 1 aromatic heterocycles. The van der Waals surface area contributed by atoms with Crippen molar-refractivity contribution in [3.63, 3.8) is 0 Å². The Morgan fingerprint density at radius 1 is 1.29 bits per heavy atom. The second-order valence-electron chi connectivity index (χ2n) is 5.82. The normalized spacial score (nSPS) is 11.9. The van der Waals surface area contributed by atoms with Crippen LogP contribution in [0.25, 0.3) is 0 Å². The molecular weight excluding hydrogens is 306 g/mol. The fraction of sp³-hybridized carbons (Fsp3) is 0.389. The standard InChI is InChI=1S/C18H23N3O3/c1-3-7-15(18(23)24)10-19-17(22)16-11-20-21(13(16)2)12-14-8-5-4-6-9-14/h4-6,8-9,11,15H,3,7,10,12H2,1-2H3,(H,19,22)(H,23,24). The lowest BCUT2D eigenvalue weighted by atomic mass is 10.0. The highest BCUT2D eigenvalue weighted by atomic mass is 16.4. The van der Waals surface area contributed by atoms with Crippen LogP contribution in [0.2, 0.25) is 0 Å². The van der Waals surface area contributed by atoms with Crippen molar-refractivity contribution in [1.82, 2.24) is 15.1 Å². The van der Waals surface area contributed by atoms with Crippen molar-refractivity contribution in [1.29, 1.82) is 0 Å². The summed E-state index contributed by atoms with van der Waals surface area (Å²) in [7, 11) is 0. The summed E-state index contributed by atoms with van der Waals surface area (Å²) in [6.07, 6.45) is 2.84. The predicted molar refractivity (Wildman–Crippen MR) is 90.9 cm³/mol. The molecule has 1 heterocycles. The number of rotatable bonds is 8. The highest BCUT2D eigenvalue weighted by molar-refractivity contribution is 5.95. The molecule has 0 fully saturated rings. The van der Waals surface area contributed by atoms with Gasteiger partial charge in [-0.15, -0.1) is 0 Å². The van der Waals surface area contributed by atoms with Gasteiger partial charge in [-0.25, -0.2) is 0 Å². The monoisotopic (exact) mass is 329 g/mol. The molecule has 1 aromatic carbocycles. The minimum absolute atomic E-state index is 0.130. The Morgan fingerprint density at radius 2 is 2.00 bits per heavy atom. The second kappa shape index (κ2) is 8.29. The number of benzene rings is 1. The van der Waals surface area contributed by atoms with Crippen molar-refractivity contribution in [2.75, 3.05) is 6.54 Å². The van der Waals surface area contributed by atoms with Crippen molar-refractivity contribution in [2.24, 2.45) is 5.92 Å². The molecule has 0 aliphatic heterocycles. The maximum atomic E-state index is 12.3. The lowest BCUT2D eigenvalue weighted by Crippen LogP contribution is -2.33. The Balaban J connectivity index is 2.01. The van der Waals surface area contributed by atoms with Crippen LogP contribution < -0.4 is 5.32 Å². The van der Waals surface area contributed by atoms with E-state index >= 15 is 0 Å². The SMILES string of the molecule is CCCC(CNC(=O)c1cnn(Cc2ccccc2)c1C)C(=O)O. The van der Waals surface area contributed by atoms with Crippen LogP contribution in [0.4, 0.5) is 0 Å². The molecule has 6 nitrogen and oxygen atoms in total. The third kappa shape index (κ3) is 4.44. The molecule has 6 heteroatoms. The summed E-state index contributed by atoms with van der Waals surface area (Å²) < 4.78 is 1.77. The molecule has 0 aliphatic carbocycles. The highest BCUT2D eigenvalue weighted by Crippen LogP contribution is 2.11. The number of hydrogen-bond acceptors (Lipinski definition) is 3. The Hall–Kier alpha value is -2.63. The first kappa shape index (κ1) is 17.7. The molecule has 0 bridgehead atoms. The van der Waals surface area contributed by atoms with Gasteiger partial charge in [0, 0.05) is 12.2 Å². The van der Waals surface area contributed by atoms with E-state index in [1.54, 1.807) is 4.68 Å². The van der Waals surface area contributed by atoms with Crippen molar-refractivity contribution in [2.45, 2.75) is 33.2 Å². The topological polar surface area (TPSA) is 84.2 Å². The van der Waals surface area contributed by atoms with Crippen LogP contribution in [-0.4, -0.2) is 33.3 Å². The van der Waals surface area contributed by atoms with Crippen molar-refractivity contribution < 1.29 is 14.7 Å². The summed E-state index contributed by atoms with van der Waals surface area (Å²) in [6, 6.07) is 9.88. The molecule has 1 amide bonds. The summed E-state index contributed by atoms with van der Waals surface area (Å²) in [6.45, 7) is 4.49. The average molecular weight is 329 g/mol. The number of aromatic nitrogens is 2. The van der Waals surface area contributed by atoms with E-state index in [9.17, 15) is 9.59 Å². The molecule has 0 aliphatic rings. The van der Waals surface area contributed by atoms with E-state index in [0.29, 0.717) is 18.5 Å². The van der Waals surface area contributed by atoms with Gasteiger partial charge in [0.1, 0.15) is 0 Å². The molecule has 24 heavy (non-hydrogen) atoms. The van der Waals surface area contributed by atoms with Crippen LogP contribution >= 0.6 is 0 Å². The minimum atomic E-state index is -0.881. The van der Waals surface area contributed by atoms with Gasteiger partial charge in [0.05, 0.1) is 24.2 Å². The third-order valence-electron chi connectivity index (χ3n) is 4.02. The molecule has 2 aromatic rings. The Bertz CT molecular complexity index is 695. The molecular formula is C18H23N3O3. The summed E-state index contributed by atoms with van der Waals surface area (Å²) >= 11 is 0. The summed E-state index contributed by atoms with van der Waals surface area (Å²) in [5.74, 6) is -1.72. The maximum Gasteiger partial charge on any atom is 0.308 e. The number of carboxylic acid groups (broad SMARTS) is 1. The molecule has 0 saturated carbocycles. The molecule has 0 saturated heterocycles. The first-order valence-corrected chi connectivity index (χ1v) is 8.10. The van der Waals surface area contributed by atoms with E-state index in [1.165, 1.54) is 6.20 Å². The molecule has 0 spiro atoms. The molecule has 2 rings (SSSR count). The smallest absolute Gasteiger partial charge is 0.308 e. The minimum Gasteiger partial charge on any atom is -0.481 e. The fourth-order valence-corrected chi connectivity index (χ4v) is 2.56. The zero-order valence-electron chi connectivity index (χ0n) is 14.0. The van der Waals surface area contributed by atoms with Gasteiger partial charge in [-0.2, -0.15) is 5.10 Å². The maximum absolute atomic E-state index is 12.3. The number of nitrogens with zero attached hydrogens (tertiary/aromatic N) is 2. The molecule has 1 unspecified atom stereocenters. The molecule has 128 valence electrons. The van der Waals surface area contributed by atoms with Gasteiger partial charge in [0.25, 0.3) is 5.91 Å². The van der Waals surface area contributed by atoms with Gasteiger partial charge >= 0.3 is 5.97 Å². The number of hydrogen-bond donors (Lipinski definition) is 2. The van der Waals surface area contributed by atoms with Crippen LogP contribution in [0.1, 0.15) is 41.4 Å². The number of amides is 1. The van der Waals surface area contributed by atoms with Gasteiger partial charge in [0.15, 0.2) is 0 Å². The summed E-state index contributed by atoms with van der Waals surface area (Å²) in [5.41, 5.74) is 2.34. The van der Waals surface area contributed by atoms with Crippen molar-refractivity contribution >= 4 is 11.9 Å². The van der Waals surface area contributed by atoms with Crippen LogP contribution in [-0.2, 0) is 11.3 Å². The quantitative estimate of drug-likeness (QED) is 0.779. The number of aliphatic carboxylic acids is 1. The average Bonchev–Trinajstić information content (AvgIpc) is 2.93. The van der Waals surface area contributed by atoms with E-state index in [-0.39, 0.29) is 12.5 Å². The number of nitrogens with one attached hydrogen (secondary N) is 1. The second-order valence-corrected chi connectivity index (χ2v) is 5.82. The predicted octanol–water partition coefficient (Wildman–Crippen LogP) is 2.47. The third-order valence-corrected chi connectivity index (χ3v) is 4.02. The zero-order chi connectivity index (χ0) is 17.5. The van der Waals surface area contributed by atoms with Crippen LogP contribution in [0, 0.1) is 12.8 Å². The van der Waals surface area contributed by atoms with Gasteiger partial charge in [-0.1, -0.05) is 43.7 Å². The lowest BCUT2D eigenvalue weighted by molar-refractivity contribution is -0.141.